The molecule has 0 aliphatic heterocycles. The molecule has 1 heterocycles. The second-order valence-electron chi connectivity index (χ2n) is 12.3. The largest absolute Gasteiger partial charge is 0.457 e. The van der Waals surface area contributed by atoms with Crippen LogP contribution < -0.4 is 5.32 Å². The summed E-state index contributed by atoms with van der Waals surface area (Å²) in [5, 5.41) is 3.79. The van der Waals surface area contributed by atoms with Crippen molar-refractivity contribution in [3.05, 3.63) is 65.2 Å². The lowest BCUT2D eigenvalue weighted by atomic mass is 9.65. The van der Waals surface area contributed by atoms with Crippen molar-refractivity contribution in [3.8, 4) is 0 Å². The van der Waals surface area contributed by atoms with Crippen molar-refractivity contribution in [2.24, 2.45) is 11.8 Å². The maximum Gasteiger partial charge on any atom is 0.332 e. The van der Waals surface area contributed by atoms with Gasteiger partial charge in [-0.15, -0.1) is 0 Å². The van der Waals surface area contributed by atoms with Crippen LogP contribution in [-0.4, -0.2) is 47.8 Å². The van der Waals surface area contributed by atoms with Gasteiger partial charge in [-0.2, -0.15) is 0 Å². The second kappa shape index (κ2) is 12.4. The van der Waals surface area contributed by atoms with Crippen LogP contribution in [0.3, 0.4) is 0 Å². The van der Waals surface area contributed by atoms with E-state index < -0.39 is 5.60 Å². The van der Waals surface area contributed by atoms with Crippen molar-refractivity contribution in [3.63, 3.8) is 0 Å². The van der Waals surface area contributed by atoms with Crippen molar-refractivity contribution in [2.75, 3.05) is 20.3 Å². The molecule has 1 saturated carbocycles. The van der Waals surface area contributed by atoms with Crippen LogP contribution in [0.4, 0.5) is 4.39 Å². The number of aromatic amines is 1. The summed E-state index contributed by atoms with van der Waals surface area (Å²) in [5.74, 6) is 1.88. The monoisotopic (exact) mass is 549 g/mol. The zero-order valence-corrected chi connectivity index (χ0v) is 24.3. The van der Waals surface area contributed by atoms with Crippen LogP contribution in [0, 0.1) is 17.7 Å². The number of hydrogen-bond acceptors (Lipinski definition) is 5. The number of hydrogen-bond donors (Lipinski definition) is 2. The smallest absolute Gasteiger partial charge is 0.332 e. The van der Waals surface area contributed by atoms with Gasteiger partial charge in [0.25, 0.3) is 0 Å². The second-order valence-corrected chi connectivity index (χ2v) is 12.3. The summed E-state index contributed by atoms with van der Waals surface area (Å²) in [5.41, 5.74) is 3.64. The maximum atomic E-state index is 14.0. The third-order valence-electron chi connectivity index (χ3n) is 9.36. The summed E-state index contributed by atoms with van der Waals surface area (Å²) in [6.45, 7) is 7.30. The number of aromatic nitrogens is 2. The van der Waals surface area contributed by atoms with E-state index in [1.165, 1.54) is 13.2 Å². The number of nitrogens with zero attached hydrogens (tertiary/aromatic N) is 1. The van der Waals surface area contributed by atoms with Crippen LogP contribution in [0.1, 0.15) is 88.1 Å². The Morgan fingerprint density at radius 2 is 1.93 bits per heavy atom. The Bertz CT molecular complexity index is 1270. The minimum absolute atomic E-state index is 0.00555. The lowest BCUT2D eigenvalue weighted by Crippen LogP contribution is -2.49. The van der Waals surface area contributed by atoms with Crippen LogP contribution in [0.25, 0.3) is 11.0 Å². The predicted molar refractivity (Wildman–Crippen MR) is 156 cm³/mol. The Kier molecular flexibility index (Phi) is 8.91. The average Bonchev–Trinajstić information content (AvgIpc) is 3.37. The first kappa shape index (κ1) is 28.7. The van der Waals surface area contributed by atoms with E-state index in [9.17, 15) is 9.18 Å². The molecule has 1 unspecified atom stereocenters. The molecule has 216 valence electrons. The van der Waals surface area contributed by atoms with Gasteiger partial charge in [0.05, 0.1) is 11.0 Å². The summed E-state index contributed by atoms with van der Waals surface area (Å²) >= 11 is 0. The number of halogens is 1. The summed E-state index contributed by atoms with van der Waals surface area (Å²) in [6.07, 6.45) is 6.68. The number of carbonyl (C=O) groups excluding carboxylic acids is 1. The maximum absolute atomic E-state index is 14.0. The average molecular weight is 550 g/mol. The van der Waals surface area contributed by atoms with Gasteiger partial charge in [0.15, 0.2) is 0 Å². The molecule has 40 heavy (non-hydrogen) atoms. The number of benzene rings is 2. The zero-order valence-electron chi connectivity index (χ0n) is 24.3. The highest BCUT2D eigenvalue weighted by atomic mass is 19.1. The van der Waals surface area contributed by atoms with Gasteiger partial charge in [-0.25, -0.2) is 14.2 Å². The molecule has 7 heteroatoms. The van der Waals surface area contributed by atoms with Gasteiger partial charge in [0, 0.05) is 31.4 Å². The van der Waals surface area contributed by atoms with E-state index in [1.807, 2.05) is 18.2 Å². The molecular formula is C33H44FN3O3. The SMILES string of the molecule is COCC(=O)O[C@]1(CCNC(C)C2CCC(c3nc4ccccc4[nH]3)CC2)CCc2cc(F)ccc2[C@@H]1C(C)C. The van der Waals surface area contributed by atoms with E-state index >= 15 is 0 Å². The molecule has 0 bridgehead atoms. The number of fused-ring (bicyclic) bond motifs is 2. The zero-order chi connectivity index (χ0) is 28.3. The van der Waals surface area contributed by atoms with E-state index in [2.05, 4.69) is 43.2 Å². The lowest BCUT2D eigenvalue weighted by molar-refractivity contribution is -0.171. The number of para-hydroxylation sites is 2. The Morgan fingerprint density at radius 1 is 1.15 bits per heavy atom. The molecule has 5 rings (SSSR count). The molecule has 0 amide bonds. The van der Waals surface area contributed by atoms with Crippen LogP contribution in [0.5, 0.6) is 0 Å². The Morgan fingerprint density at radius 3 is 2.65 bits per heavy atom. The van der Waals surface area contributed by atoms with Crippen molar-refractivity contribution in [2.45, 2.75) is 89.2 Å². The van der Waals surface area contributed by atoms with E-state index in [0.717, 1.165) is 60.2 Å². The number of methoxy groups -OCH3 is 1. The normalized spacial score (nSPS) is 25.6. The summed E-state index contributed by atoms with van der Waals surface area (Å²) < 4.78 is 25.4. The summed E-state index contributed by atoms with van der Waals surface area (Å²) in [4.78, 5) is 21.2. The quantitative estimate of drug-likeness (QED) is 0.277. The number of rotatable bonds is 10. The molecule has 0 radical (unpaired) electrons. The molecule has 3 atom stereocenters. The summed E-state index contributed by atoms with van der Waals surface area (Å²) in [7, 11) is 1.51. The number of nitrogens with one attached hydrogen (secondary N) is 2. The van der Waals surface area contributed by atoms with Crippen LogP contribution in [0.15, 0.2) is 42.5 Å². The topological polar surface area (TPSA) is 76.2 Å². The van der Waals surface area contributed by atoms with Gasteiger partial charge in [0.1, 0.15) is 23.8 Å². The standard InChI is InChI=1S/C33H44FN3O3/c1-21(2)31-27-14-13-26(34)19-25(27)15-16-33(31,40-30(38)20-39-4)17-18-35-22(3)23-9-11-24(12-10-23)32-36-28-7-5-6-8-29(28)37-32/h5-8,13-14,19,21-24,31,35H,9-12,15-18,20H2,1-4H3,(H,36,37)/t22?,23?,24?,31-,33-/m0/s1. The van der Waals surface area contributed by atoms with Crippen LogP contribution >= 0.6 is 0 Å². The van der Waals surface area contributed by atoms with Crippen molar-refractivity contribution >= 4 is 17.0 Å². The Labute approximate surface area is 237 Å². The molecular weight excluding hydrogens is 505 g/mol. The van der Waals surface area contributed by atoms with Gasteiger partial charge in [-0.1, -0.05) is 32.0 Å². The van der Waals surface area contributed by atoms with E-state index in [1.54, 1.807) is 6.07 Å². The van der Waals surface area contributed by atoms with Crippen molar-refractivity contribution in [1.29, 1.82) is 0 Å². The molecule has 1 aromatic heterocycles. The van der Waals surface area contributed by atoms with Crippen molar-refractivity contribution in [1.82, 2.24) is 15.3 Å². The molecule has 3 aromatic rings. The first-order valence-corrected chi connectivity index (χ1v) is 15.0. The minimum atomic E-state index is -0.652. The van der Waals surface area contributed by atoms with Gasteiger partial charge in [-0.05, 0) is 99.2 Å². The fraction of sp³-hybridized carbons (Fsp3) is 0.576. The number of H-pyrrole nitrogens is 1. The number of ether oxygens (including phenoxy) is 2. The Balaban J connectivity index is 1.23. The lowest BCUT2D eigenvalue weighted by Gasteiger charge is -2.47. The van der Waals surface area contributed by atoms with E-state index in [4.69, 9.17) is 14.5 Å². The van der Waals surface area contributed by atoms with Crippen molar-refractivity contribution < 1.29 is 18.7 Å². The molecule has 6 nitrogen and oxygen atoms in total. The van der Waals surface area contributed by atoms with E-state index in [0.29, 0.717) is 37.1 Å². The Hall–Kier alpha value is -2.77. The predicted octanol–water partition coefficient (Wildman–Crippen LogP) is 6.66. The molecule has 2 aliphatic rings. The third kappa shape index (κ3) is 6.10. The highest BCUT2D eigenvalue weighted by molar-refractivity contribution is 5.74. The third-order valence-corrected chi connectivity index (χ3v) is 9.36. The number of imidazole rings is 1. The van der Waals surface area contributed by atoms with Crippen LogP contribution in [0.2, 0.25) is 0 Å². The first-order chi connectivity index (χ1) is 19.3. The minimum Gasteiger partial charge on any atom is -0.457 e. The molecule has 2 N–H and O–H groups in total. The highest BCUT2D eigenvalue weighted by Gasteiger charge is 2.47. The summed E-state index contributed by atoms with van der Waals surface area (Å²) in [6, 6.07) is 13.7. The number of aryl methyl sites for hydroxylation is 1. The molecule has 1 fully saturated rings. The number of esters is 1. The molecule has 2 aliphatic carbocycles. The van der Waals surface area contributed by atoms with E-state index in [-0.39, 0.29) is 30.2 Å². The highest BCUT2D eigenvalue weighted by Crippen LogP contribution is 2.48. The van der Waals surface area contributed by atoms with Crippen LogP contribution in [-0.2, 0) is 20.7 Å². The van der Waals surface area contributed by atoms with Gasteiger partial charge in [0.2, 0.25) is 0 Å². The first-order valence-electron chi connectivity index (χ1n) is 15.0. The van der Waals surface area contributed by atoms with Gasteiger partial charge >= 0.3 is 5.97 Å². The fourth-order valence-corrected chi connectivity index (χ4v) is 7.40. The van der Waals surface area contributed by atoms with Gasteiger partial charge < -0.3 is 19.8 Å². The fourth-order valence-electron chi connectivity index (χ4n) is 7.40. The molecule has 2 aromatic carbocycles. The van der Waals surface area contributed by atoms with Gasteiger partial charge in [-0.3, -0.25) is 0 Å². The molecule has 0 spiro atoms. The number of carbonyl (C=O) groups is 1. The molecule has 0 saturated heterocycles.